The molecular formula is C14H17NO6. The molecule has 1 heterocycles. The minimum Gasteiger partial charge on any atom is -0.504 e. The van der Waals surface area contributed by atoms with Gasteiger partial charge in [-0.25, -0.2) is 4.79 Å². The van der Waals surface area contributed by atoms with Gasteiger partial charge >= 0.3 is 5.97 Å². The van der Waals surface area contributed by atoms with Crippen molar-refractivity contribution in [3.63, 3.8) is 0 Å². The number of amides is 1. The third-order valence-corrected chi connectivity index (χ3v) is 3.36. The summed E-state index contributed by atoms with van der Waals surface area (Å²) in [6.07, 6.45) is 0.426. The fraction of sp³-hybridized carbons (Fsp3) is 0.429. The summed E-state index contributed by atoms with van der Waals surface area (Å²) in [7, 11) is 0. The first-order valence-electron chi connectivity index (χ1n) is 6.56. The van der Waals surface area contributed by atoms with Gasteiger partial charge in [-0.3, -0.25) is 4.79 Å². The number of hydrogen-bond donors (Lipinski definition) is 3. The van der Waals surface area contributed by atoms with Gasteiger partial charge in [0.15, 0.2) is 18.1 Å². The van der Waals surface area contributed by atoms with Crippen LogP contribution in [-0.2, 0) is 14.3 Å². The Kier molecular flexibility index (Phi) is 4.64. The molecule has 3 N–H and O–H groups in total. The minimum atomic E-state index is -1.31. The van der Waals surface area contributed by atoms with Crippen LogP contribution in [0.15, 0.2) is 24.3 Å². The quantitative estimate of drug-likeness (QED) is 0.731. The Morgan fingerprint density at radius 1 is 1.29 bits per heavy atom. The number of phenols is 1. The van der Waals surface area contributed by atoms with Crippen LogP contribution in [0.1, 0.15) is 12.8 Å². The van der Waals surface area contributed by atoms with Crippen LogP contribution in [0.5, 0.6) is 11.5 Å². The number of ether oxygens (including phenoxy) is 2. The van der Waals surface area contributed by atoms with Crippen LogP contribution >= 0.6 is 0 Å². The van der Waals surface area contributed by atoms with Crippen molar-refractivity contribution in [1.82, 2.24) is 5.32 Å². The van der Waals surface area contributed by atoms with E-state index in [1.165, 1.54) is 12.1 Å². The number of aromatic hydroxyl groups is 1. The smallest absolute Gasteiger partial charge is 0.329 e. The summed E-state index contributed by atoms with van der Waals surface area (Å²) < 4.78 is 10.3. The van der Waals surface area contributed by atoms with Gasteiger partial charge in [0, 0.05) is 26.1 Å². The van der Waals surface area contributed by atoms with Gasteiger partial charge in [-0.15, -0.1) is 0 Å². The number of aliphatic carboxylic acids is 1. The largest absolute Gasteiger partial charge is 0.504 e. The van der Waals surface area contributed by atoms with Gasteiger partial charge in [0.05, 0.1) is 0 Å². The number of nitrogens with one attached hydrogen (secondary N) is 1. The maximum Gasteiger partial charge on any atom is 0.329 e. The Morgan fingerprint density at radius 2 is 1.95 bits per heavy atom. The van der Waals surface area contributed by atoms with Crippen molar-refractivity contribution in [3.8, 4) is 11.5 Å². The van der Waals surface area contributed by atoms with E-state index >= 15 is 0 Å². The molecule has 1 aromatic carbocycles. The molecule has 1 aromatic rings. The summed E-state index contributed by atoms with van der Waals surface area (Å²) in [4.78, 5) is 23.3. The molecule has 0 radical (unpaired) electrons. The maximum atomic E-state index is 11.9. The standard InChI is InChI=1S/C14H17NO6/c16-10-3-1-2-4-11(10)21-9-12(17)15-14(13(18)19)5-7-20-8-6-14/h1-4,16H,5-9H2,(H,15,17)(H,18,19). The van der Waals surface area contributed by atoms with Crippen LogP contribution in [0.4, 0.5) is 0 Å². The second-order valence-corrected chi connectivity index (χ2v) is 4.80. The van der Waals surface area contributed by atoms with E-state index in [9.17, 15) is 19.8 Å². The summed E-state index contributed by atoms with van der Waals surface area (Å²) in [6.45, 7) is 0.202. The molecule has 1 amide bonds. The topological polar surface area (TPSA) is 105 Å². The molecule has 2 rings (SSSR count). The van der Waals surface area contributed by atoms with Crippen LogP contribution in [0, 0.1) is 0 Å². The van der Waals surface area contributed by atoms with Crippen molar-refractivity contribution < 1.29 is 29.3 Å². The van der Waals surface area contributed by atoms with Crippen LogP contribution < -0.4 is 10.1 Å². The molecule has 0 aliphatic carbocycles. The molecule has 0 unspecified atom stereocenters. The van der Waals surface area contributed by atoms with Crippen LogP contribution in [0.3, 0.4) is 0 Å². The lowest BCUT2D eigenvalue weighted by atomic mass is 9.90. The molecule has 1 fully saturated rings. The highest BCUT2D eigenvalue weighted by Crippen LogP contribution is 2.24. The Morgan fingerprint density at radius 3 is 2.57 bits per heavy atom. The highest BCUT2D eigenvalue weighted by atomic mass is 16.5. The summed E-state index contributed by atoms with van der Waals surface area (Å²) in [6, 6.07) is 6.24. The molecule has 114 valence electrons. The molecule has 21 heavy (non-hydrogen) atoms. The highest BCUT2D eigenvalue weighted by molar-refractivity contribution is 5.87. The molecule has 0 atom stereocenters. The first-order valence-corrected chi connectivity index (χ1v) is 6.56. The van der Waals surface area contributed by atoms with Gasteiger partial charge in [0.2, 0.25) is 0 Å². The van der Waals surface area contributed by atoms with Gasteiger partial charge < -0.3 is 25.0 Å². The van der Waals surface area contributed by atoms with Gasteiger partial charge in [-0.1, -0.05) is 12.1 Å². The number of carboxylic acids is 1. The zero-order chi connectivity index (χ0) is 15.3. The third-order valence-electron chi connectivity index (χ3n) is 3.36. The van der Waals surface area contributed by atoms with Crippen molar-refractivity contribution >= 4 is 11.9 Å². The molecule has 7 heteroatoms. The number of carbonyl (C=O) groups excluding carboxylic acids is 1. The minimum absolute atomic E-state index is 0.0793. The summed E-state index contributed by atoms with van der Waals surface area (Å²) in [5.74, 6) is -1.54. The molecule has 0 saturated carbocycles. The lowest BCUT2D eigenvalue weighted by Gasteiger charge is -2.33. The number of benzene rings is 1. The number of para-hydroxylation sites is 2. The molecule has 1 aliphatic rings. The van der Waals surface area contributed by atoms with E-state index in [-0.39, 0.29) is 44.2 Å². The second kappa shape index (κ2) is 6.45. The van der Waals surface area contributed by atoms with E-state index in [0.29, 0.717) is 0 Å². The first-order chi connectivity index (χ1) is 10.0. The normalized spacial score (nSPS) is 17.0. The van der Waals surface area contributed by atoms with Gasteiger partial charge in [0.1, 0.15) is 5.54 Å². The van der Waals surface area contributed by atoms with Crippen molar-refractivity contribution in [1.29, 1.82) is 0 Å². The van der Waals surface area contributed by atoms with Gasteiger partial charge in [-0.05, 0) is 12.1 Å². The Balaban J connectivity index is 1.94. The number of hydrogen-bond acceptors (Lipinski definition) is 5. The fourth-order valence-corrected chi connectivity index (χ4v) is 2.14. The maximum absolute atomic E-state index is 11.9. The number of carboxylic acid groups (broad SMARTS) is 1. The van der Waals surface area contributed by atoms with Gasteiger partial charge in [-0.2, -0.15) is 0 Å². The van der Waals surface area contributed by atoms with Crippen LogP contribution in [-0.4, -0.2) is 47.4 Å². The molecule has 1 saturated heterocycles. The molecular weight excluding hydrogens is 278 g/mol. The van der Waals surface area contributed by atoms with E-state index in [1.807, 2.05) is 0 Å². The Hall–Kier alpha value is -2.28. The fourth-order valence-electron chi connectivity index (χ4n) is 2.14. The summed E-state index contributed by atoms with van der Waals surface area (Å²) >= 11 is 0. The Bertz CT molecular complexity index is 524. The zero-order valence-electron chi connectivity index (χ0n) is 11.4. The first kappa shape index (κ1) is 15.1. The Labute approximate surface area is 121 Å². The van der Waals surface area contributed by atoms with E-state index in [0.717, 1.165) is 0 Å². The third kappa shape index (κ3) is 3.63. The van der Waals surface area contributed by atoms with Crippen molar-refractivity contribution in [2.24, 2.45) is 0 Å². The van der Waals surface area contributed by atoms with E-state index in [2.05, 4.69) is 5.32 Å². The van der Waals surface area contributed by atoms with Crippen molar-refractivity contribution in [2.45, 2.75) is 18.4 Å². The molecule has 7 nitrogen and oxygen atoms in total. The van der Waals surface area contributed by atoms with Gasteiger partial charge in [0.25, 0.3) is 5.91 Å². The second-order valence-electron chi connectivity index (χ2n) is 4.80. The van der Waals surface area contributed by atoms with Crippen LogP contribution in [0.2, 0.25) is 0 Å². The van der Waals surface area contributed by atoms with E-state index in [1.54, 1.807) is 12.1 Å². The molecule has 0 aromatic heterocycles. The average Bonchev–Trinajstić information content (AvgIpc) is 2.47. The molecule has 0 bridgehead atoms. The number of rotatable bonds is 5. The van der Waals surface area contributed by atoms with E-state index < -0.39 is 17.4 Å². The summed E-state index contributed by atoms with van der Waals surface area (Å²) in [5, 5.41) is 21.3. The monoisotopic (exact) mass is 295 g/mol. The number of carbonyl (C=O) groups is 2. The number of phenolic OH excluding ortho intramolecular Hbond substituents is 1. The predicted molar refractivity (Wildman–Crippen MR) is 72.2 cm³/mol. The lowest BCUT2D eigenvalue weighted by molar-refractivity contribution is -0.152. The SMILES string of the molecule is O=C(COc1ccccc1O)NC1(C(=O)O)CCOCC1. The van der Waals surface area contributed by atoms with E-state index in [4.69, 9.17) is 9.47 Å². The molecule has 0 spiro atoms. The average molecular weight is 295 g/mol. The zero-order valence-corrected chi connectivity index (χ0v) is 11.4. The highest BCUT2D eigenvalue weighted by Gasteiger charge is 2.41. The summed E-state index contributed by atoms with van der Waals surface area (Å²) in [5.41, 5.74) is -1.31. The molecule has 1 aliphatic heterocycles. The van der Waals surface area contributed by atoms with Crippen LogP contribution in [0.25, 0.3) is 0 Å². The van der Waals surface area contributed by atoms with Crippen molar-refractivity contribution in [3.05, 3.63) is 24.3 Å². The van der Waals surface area contributed by atoms with Crippen molar-refractivity contribution in [2.75, 3.05) is 19.8 Å². The lowest BCUT2D eigenvalue weighted by Crippen LogP contribution is -2.58. The predicted octanol–water partition coefficient (Wildman–Crippen LogP) is 0.521.